The van der Waals surface area contributed by atoms with E-state index in [4.69, 9.17) is 31.4 Å². The van der Waals surface area contributed by atoms with E-state index in [1.165, 1.54) is 16.8 Å². The van der Waals surface area contributed by atoms with Gasteiger partial charge in [-0.1, -0.05) is 201 Å². The van der Waals surface area contributed by atoms with Crippen LogP contribution >= 0.6 is 0 Å². The van der Waals surface area contributed by atoms with Crippen LogP contribution in [0.5, 0.6) is 0 Å². The highest BCUT2D eigenvalue weighted by Crippen LogP contribution is 2.67. The molecule has 3 saturated heterocycles. The first-order chi connectivity index (χ1) is 64.5. The summed E-state index contributed by atoms with van der Waals surface area (Å²) in [5, 5.41) is 33.4. The van der Waals surface area contributed by atoms with Gasteiger partial charge in [0.1, 0.15) is 56.1 Å². The lowest BCUT2D eigenvalue weighted by Crippen LogP contribution is -2.62. The molecule has 18 amide bonds. The van der Waals surface area contributed by atoms with Crippen molar-refractivity contribution in [3.63, 3.8) is 0 Å². The zero-order valence-corrected chi connectivity index (χ0v) is 85.7. The molecule has 3 aliphatic heterocycles. The van der Waals surface area contributed by atoms with Gasteiger partial charge in [-0.3, -0.25) is 57.5 Å². The van der Waals surface area contributed by atoms with E-state index in [2.05, 4.69) is 77.6 Å². The van der Waals surface area contributed by atoms with Crippen molar-refractivity contribution in [3.8, 4) is 0 Å². The van der Waals surface area contributed by atoms with Gasteiger partial charge < -0.3 is 110 Å². The number of nitrogens with zero attached hydrogens (tertiary/aromatic N) is 3. The predicted octanol–water partition coefficient (Wildman–Crippen LogP) is 5.81. The quantitative estimate of drug-likeness (QED) is 0.0274. The summed E-state index contributed by atoms with van der Waals surface area (Å²) < 4.78 is 16.0. The molecule has 18 atom stereocenters. The third-order valence-electron chi connectivity index (χ3n) is 30.8. The molecule has 7 saturated carbocycles. The Morgan fingerprint density at radius 1 is 0.410 bits per heavy atom. The Balaban J connectivity index is 0.000000216. The topological polar surface area (TPSA) is 567 Å². The summed E-state index contributed by atoms with van der Waals surface area (Å²) >= 11 is 0. The molecular weight excluding hydrogens is 1790 g/mol. The van der Waals surface area contributed by atoms with E-state index in [0.29, 0.717) is 64.2 Å². The van der Waals surface area contributed by atoms with Crippen LogP contribution < -0.4 is 81.0 Å². The zero-order chi connectivity index (χ0) is 103. The molecule has 3 unspecified atom stereocenters. The number of alkyl carbamates (subject to hydrolysis) is 3. The number of ketones is 3. The second-order valence-corrected chi connectivity index (χ2v) is 47.7. The number of nitrogens with one attached hydrogen (secondary N) is 12. The van der Waals surface area contributed by atoms with Crippen molar-refractivity contribution in [1.29, 1.82) is 0 Å². The molecule has 3 heterocycles. The zero-order valence-electron chi connectivity index (χ0n) is 85.7. The van der Waals surface area contributed by atoms with Crippen molar-refractivity contribution in [2.75, 3.05) is 53.0 Å². The summed E-state index contributed by atoms with van der Waals surface area (Å²) in [6, 6.07) is -4.14. The van der Waals surface area contributed by atoms with Gasteiger partial charge in [0.25, 0.3) is 17.7 Å². The SMILES string of the molecule is CC(C)(C)NC(=O)OC[C@@H](NC(=O)N[C@H](C(=O)N1C[C@H]2[C@@H]([C@H]1C(=O)NC(CC1CCC1)C(=O)C(N)=O)C2(C)C)C1Cc2ccccc2C1)C(C)(C)C.CC(C)[C@@H](COC(=O)NCC1CC1)NC(=O)N[C@H](C(=O)N1C[C@H]2[C@@H]([C@H]1C(=O)NC(CC1CC1)C(=O)C(N)=O)C2(C)C)C(C)(C)C.CNC(=O)OC[C@@H](NC(=O)N[C@H](C(=O)N1C[C@H]2[C@@H]([C@H]1C(=O)NC(CC1CC1)C(=O)C(N)=O)C2(C)C)C(C)(C)C)C(C)C. The number of hydrogen-bond donors (Lipinski definition) is 15. The largest absolute Gasteiger partial charge is 0.447 e. The molecule has 0 bridgehead atoms. The Labute approximate surface area is 817 Å². The summed E-state index contributed by atoms with van der Waals surface area (Å²) in [4.78, 5) is 239. The third-order valence-corrected chi connectivity index (χ3v) is 30.8. The van der Waals surface area contributed by atoms with Crippen molar-refractivity contribution in [1.82, 2.24) is 78.5 Å². The molecule has 12 rings (SSSR count). The fourth-order valence-electron chi connectivity index (χ4n) is 20.7. The number of urea groups is 3. The van der Waals surface area contributed by atoms with E-state index in [-0.39, 0.29) is 113 Å². The molecule has 0 radical (unpaired) electrons. The molecule has 774 valence electrons. The Morgan fingerprint density at radius 2 is 0.748 bits per heavy atom. The fourth-order valence-corrected chi connectivity index (χ4v) is 20.7. The third kappa shape index (κ3) is 28.1. The minimum Gasteiger partial charge on any atom is -0.447 e. The molecule has 1 aromatic carbocycles. The number of likely N-dealkylation sites (tertiary alicyclic amines) is 3. The number of piperidine rings is 3. The summed E-state index contributed by atoms with van der Waals surface area (Å²) in [5.74, 6) is -7.90. The normalized spacial score (nSPS) is 24.6. The van der Waals surface area contributed by atoms with Gasteiger partial charge >= 0.3 is 36.4 Å². The van der Waals surface area contributed by atoms with Gasteiger partial charge in [0.05, 0.1) is 36.3 Å². The van der Waals surface area contributed by atoms with Crippen LogP contribution in [-0.2, 0) is 84.6 Å². The molecule has 39 heteroatoms. The van der Waals surface area contributed by atoms with Crippen LogP contribution in [0.3, 0.4) is 0 Å². The Bertz CT molecular complexity index is 4750. The number of hydrogen-bond acceptors (Lipinski definition) is 21. The minimum atomic E-state index is -1.10. The Morgan fingerprint density at radius 3 is 1.06 bits per heavy atom. The molecule has 8 aliphatic carbocycles. The van der Waals surface area contributed by atoms with Crippen molar-refractivity contribution in [2.45, 2.75) is 320 Å². The van der Waals surface area contributed by atoms with E-state index in [9.17, 15) is 86.3 Å². The number of carbonyl (C=O) groups excluding carboxylic acids is 18. The van der Waals surface area contributed by atoms with Gasteiger partial charge in [-0.2, -0.15) is 0 Å². The average molecular weight is 1950 g/mol. The number of ether oxygens (including phenoxy) is 3. The maximum absolute atomic E-state index is 14.8. The number of primary amides is 3. The highest BCUT2D eigenvalue weighted by molar-refractivity contribution is 6.39. The predicted molar refractivity (Wildman–Crippen MR) is 514 cm³/mol. The summed E-state index contributed by atoms with van der Waals surface area (Å²) in [6.07, 6.45) is 9.08. The van der Waals surface area contributed by atoms with E-state index < -0.39 is 195 Å². The lowest BCUT2D eigenvalue weighted by Gasteiger charge is -2.38. The lowest BCUT2D eigenvalue weighted by molar-refractivity contribution is -0.145. The van der Waals surface area contributed by atoms with Crippen LogP contribution in [0.2, 0.25) is 0 Å². The molecule has 10 fully saturated rings. The van der Waals surface area contributed by atoms with Gasteiger partial charge in [-0.05, 0) is 186 Å². The fraction of sp³-hybridized carbons (Fsp3) is 0.760. The Hall–Kier alpha value is -10.9. The molecule has 11 aliphatic rings. The molecule has 39 nitrogen and oxygen atoms in total. The number of amides is 18. The van der Waals surface area contributed by atoms with E-state index in [1.54, 1.807) is 4.90 Å². The monoisotopic (exact) mass is 1950 g/mol. The summed E-state index contributed by atoms with van der Waals surface area (Å²) in [5.41, 5.74) is 15.1. The number of benzene rings is 1. The van der Waals surface area contributed by atoms with Crippen LogP contribution in [0.4, 0.5) is 28.8 Å². The first kappa shape index (κ1) is 110. The van der Waals surface area contributed by atoms with E-state index >= 15 is 0 Å². The molecular formula is C100H158N18O21. The first-order valence-electron chi connectivity index (χ1n) is 49.8. The molecule has 0 spiro atoms. The lowest BCUT2D eigenvalue weighted by atomic mass is 9.80. The smallest absolute Gasteiger partial charge is 0.407 e. The first-order valence-corrected chi connectivity index (χ1v) is 49.8. The highest BCUT2D eigenvalue weighted by Gasteiger charge is 2.73. The number of Topliss-reactive ketones (excluding diaryl/α,β-unsaturated/α-hetero) is 3. The standard InChI is InChI=1S/C39H58N6O7.C32H52N6O7.C29H48N6O7/c1-37(2,3)27(20-52-36(51)44-38(4,5)6)42-35(50)43-29(24-17-22-14-9-10-15-23(22)18-24)34(49)45-19-25-28(39(25,7)8)30(45)33(48)41-26(31(46)32(40)47)16-21-12-11-13-21;1-16(2)21(15-45-30(44)34-13-18-10-11-18)36-29(43)37-25(31(3,4)5)28(42)38-14-19-22(32(19,6)7)23(38)27(41)35-20(12-17-8-9-17)24(39)26(33)40;1-14(2)18(13-42-27(41)31-8)33-26(40)34-22(28(3,4)5)25(39)35-12-16-19(29(16,6)7)20(35)24(38)32-17(11-15-9-10-15)21(36)23(30)37/h9-10,14-15,21,24-30H,11-13,16-20H2,1-8H3,(H2,40,47)(H,41,48)(H,44,51)(H2,42,43,50);16-23,25H,8-15H2,1-7H3,(H2,33,40)(H,34,44)(H,35,41)(H2,36,37,43);14-20,22H,9-13H2,1-8H3,(H2,30,37)(H,31,41)(H,32,38)(H2,33,34,40)/t25-,26?,27+,28-,29-,30-;19-,20?,21+,22-,23-,25+;16-,17?,18+,19-,20-,22+/m000/s1. The van der Waals surface area contributed by atoms with E-state index in [1.807, 2.05) is 163 Å². The van der Waals surface area contributed by atoms with Crippen LogP contribution in [0, 0.1) is 109 Å². The second kappa shape index (κ2) is 43.7. The minimum absolute atomic E-state index is 0.0332. The van der Waals surface area contributed by atoms with Crippen molar-refractivity contribution >= 4 is 107 Å². The summed E-state index contributed by atoms with van der Waals surface area (Å²) in [6.45, 7) is 43.4. The molecule has 139 heavy (non-hydrogen) atoms. The van der Waals surface area contributed by atoms with Crippen LogP contribution in [0.25, 0.3) is 0 Å². The van der Waals surface area contributed by atoms with Crippen molar-refractivity contribution in [3.05, 3.63) is 35.4 Å². The van der Waals surface area contributed by atoms with Gasteiger partial charge in [0, 0.05) is 38.8 Å². The van der Waals surface area contributed by atoms with Gasteiger partial charge in [0.15, 0.2) is 0 Å². The number of fused-ring (bicyclic) bond motifs is 4. The summed E-state index contributed by atoms with van der Waals surface area (Å²) in [7, 11) is 1.44. The van der Waals surface area contributed by atoms with Crippen LogP contribution in [0.1, 0.15) is 240 Å². The average Bonchev–Trinajstić information content (AvgIpc) is 1.53. The van der Waals surface area contributed by atoms with Crippen molar-refractivity contribution < 1.29 is 101 Å². The molecule has 18 N–H and O–H groups in total. The number of nitrogens with two attached hydrogens (primary N) is 3. The maximum atomic E-state index is 14.8. The Kier molecular flexibility index (Phi) is 34.6. The van der Waals surface area contributed by atoms with Gasteiger partial charge in [-0.25, -0.2) is 28.8 Å². The second-order valence-electron chi connectivity index (χ2n) is 47.7. The van der Waals surface area contributed by atoms with Crippen molar-refractivity contribution in [2.24, 2.45) is 127 Å². The molecule has 1 aromatic rings. The van der Waals surface area contributed by atoms with E-state index in [0.717, 1.165) is 68.9 Å². The number of carbonyl (C=O) groups is 18. The van der Waals surface area contributed by atoms with Gasteiger partial charge in [0.2, 0.25) is 52.8 Å². The maximum Gasteiger partial charge on any atom is 0.407 e. The van der Waals surface area contributed by atoms with Crippen LogP contribution in [0.15, 0.2) is 24.3 Å². The highest BCUT2D eigenvalue weighted by atomic mass is 16.6. The molecule has 0 aromatic heterocycles. The van der Waals surface area contributed by atoms with Crippen LogP contribution in [-0.4, -0.2) is 253 Å². The number of rotatable bonds is 38. The van der Waals surface area contributed by atoms with Gasteiger partial charge in [-0.15, -0.1) is 0 Å².